The van der Waals surface area contributed by atoms with Crippen LogP contribution in [0.2, 0.25) is 0 Å². The van der Waals surface area contributed by atoms with E-state index >= 15 is 0 Å². The van der Waals surface area contributed by atoms with E-state index in [1.807, 2.05) is 0 Å². The van der Waals surface area contributed by atoms with Crippen LogP contribution in [0.25, 0.3) is 0 Å². The molecule has 18 heavy (non-hydrogen) atoms. The number of thiocarbonyl (C=S) groups is 1. The predicted molar refractivity (Wildman–Crippen MR) is 71.4 cm³/mol. The Balaban J connectivity index is 2.64. The van der Waals surface area contributed by atoms with E-state index in [1.165, 1.54) is 24.3 Å². The highest BCUT2D eigenvalue weighted by atomic mass is 32.1. The predicted octanol–water partition coefficient (Wildman–Crippen LogP) is 1.39. The Hall–Kier alpha value is -2.28. The molecular formula is C11H11N3O3S. The van der Waals surface area contributed by atoms with Crippen molar-refractivity contribution in [3.63, 3.8) is 0 Å². The van der Waals surface area contributed by atoms with Crippen LogP contribution in [0.1, 0.15) is 10.4 Å². The van der Waals surface area contributed by atoms with Gasteiger partial charge in [-0.15, -0.1) is 6.58 Å². The van der Waals surface area contributed by atoms with Crippen molar-refractivity contribution in [2.45, 2.75) is 0 Å². The SMILES string of the molecule is C=CCNC(=S)NC(=O)c1ccc([N+](=O)[O-])cc1. The summed E-state index contributed by atoms with van der Waals surface area (Å²) >= 11 is 4.86. The molecule has 0 aliphatic heterocycles. The number of amides is 1. The van der Waals surface area contributed by atoms with Gasteiger partial charge in [0.2, 0.25) is 0 Å². The zero-order chi connectivity index (χ0) is 13.5. The van der Waals surface area contributed by atoms with Crippen molar-refractivity contribution in [3.05, 3.63) is 52.6 Å². The van der Waals surface area contributed by atoms with Gasteiger partial charge < -0.3 is 5.32 Å². The summed E-state index contributed by atoms with van der Waals surface area (Å²) in [4.78, 5) is 21.6. The lowest BCUT2D eigenvalue weighted by Gasteiger charge is -2.07. The maximum Gasteiger partial charge on any atom is 0.269 e. The maximum atomic E-state index is 11.7. The lowest BCUT2D eigenvalue weighted by molar-refractivity contribution is -0.384. The van der Waals surface area contributed by atoms with Gasteiger partial charge in [-0.25, -0.2) is 0 Å². The van der Waals surface area contributed by atoms with Gasteiger partial charge in [-0.3, -0.25) is 20.2 Å². The van der Waals surface area contributed by atoms with Gasteiger partial charge in [-0.1, -0.05) is 6.08 Å². The normalized spacial score (nSPS) is 9.33. The van der Waals surface area contributed by atoms with Crippen molar-refractivity contribution in [3.8, 4) is 0 Å². The Morgan fingerprint density at radius 3 is 2.56 bits per heavy atom. The number of hydrogen-bond acceptors (Lipinski definition) is 4. The van der Waals surface area contributed by atoms with Gasteiger partial charge in [-0.2, -0.15) is 0 Å². The van der Waals surface area contributed by atoms with E-state index in [4.69, 9.17) is 12.2 Å². The summed E-state index contributed by atoms with van der Waals surface area (Å²) in [6.07, 6.45) is 1.60. The molecule has 0 aliphatic carbocycles. The van der Waals surface area contributed by atoms with Gasteiger partial charge in [0.05, 0.1) is 4.92 Å². The molecule has 1 rings (SSSR count). The fourth-order valence-corrected chi connectivity index (χ4v) is 1.29. The summed E-state index contributed by atoms with van der Waals surface area (Å²) in [7, 11) is 0. The first-order chi connectivity index (χ1) is 8.54. The van der Waals surface area contributed by atoms with E-state index in [0.717, 1.165) is 0 Å². The summed E-state index contributed by atoms with van der Waals surface area (Å²) in [5, 5.41) is 15.8. The molecule has 0 aromatic heterocycles. The van der Waals surface area contributed by atoms with Crippen LogP contribution in [0, 0.1) is 10.1 Å². The second-order valence-electron chi connectivity index (χ2n) is 3.26. The summed E-state index contributed by atoms with van der Waals surface area (Å²) < 4.78 is 0. The third-order valence-corrected chi connectivity index (χ3v) is 2.22. The highest BCUT2D eigenvalue weighted by molar-refractivity contribution is 7.80. The molecule has 6 nitrogen and oxygen atoms in total. The molecule has 0 unspecified atom stereocenters. The van der Waals surface area contributed by atoms with Crippen molar-refractivity contribution in [1.82, 2.24) is 10.6 Å². The molecule has 0 aliphatic rings. The second kappa shape index (κ2) is 6.45. The van der Waals surface area contributed by atoms with Crippen LogP contribution in [0.4, 0.5) is 5.69 Å². The summed E-state index contributed by atoms with van der Waals surface area (Å²) in [6, 6.07) is 5.25. The van der Waals surface area contributed by atoms with E-state index in [2.05, 4.69) is 17.2 Å². The average molecular weight is 265 g/mol. The molecular weight excluding hydrogens is 254 g/mol. The molecule has 7 heteroatoms. The monoisotopic (exact) mass is 265 g/mol. The molecule has 94 valence electrons. The van der Waals surface area contributed by atoms with Crippen molar-refractivity contribution in [2.75, 3.05) is 6.54 Å². The van der Waals surface area contributed by atoms with Gasteiger partial charge in [0.25, 0.3) is 11.6 Å². The Kier molecular flexibility index (Phi) is 4.94. The molecule has 0 atom stereocenters. The number of benzene rings is 1. The number of hydrogen-bond donors (Lipinski definition) is 2. The van der Waals surface area contributed by atoms with Crippen LogP contribution in [0.5, 0.6) is 0 Å². The van der Waals surface area contributed by atoms with Crippen LogP contribution in [0.3, 0.4) is 0 Å². The minimum atomic E-state index is -0.530. The third-order valence-electron chi connectivity index (χ3n) is 1.97. The zero-order valence-electron chi connectivity index (χ0n) is 9.38. The van der Waals surface area contributed by atoms with E-state index < -0.39 is 10.8 Å². The number of nitro groups is 1. The van der Waals surface area contributed by atoms with Gasteiger partial charge >= 0.3 is 0 Å². The number of nitro benzene ring substituents is 1. The average Bonchev–Trinajstić information content (AvgIpc) is 2.36. The first kappa shape index (κ1) is 13.8. The fourth-order valence-electron chi connectivity index (χ4n) is 1.12. The van der Waals surface area contributed by atoms with E-state index in [0.29, 0.717) is 12.1 Å². The van der Waals surface area contributed by atoms with Crippen LogP contribution < -0.4 is 10.6 Å². The van der Waals surface area contributed by atoms with Crippen LogP contribution in [-0.4, -0.2) is 22.5 Å². The van der Waals surface area contributed by atoms with Gasteiger partial charge in [0.15, 0.2) is 5.11 Å². The lowest BCUT2D eigenvalue weighted by Crippen LogP contribution is -2.39. The molecule has 1 amide bonds. The summed E-state index contributed by atoms with van der Waals surface area (Å²) in [5.41, 5.74) is 0.224. The number of nitrogens with one attached hydrogen (secondary N) is 2. The van der Waals surface area contributed by atoms with Crippen molar-refractivity contribution >= 4 is 28.9 Å². The molecule has 2 N–H and O–H groups in total. The Labute approximate surface area is 109 Å². The molecule has 0 saturated heterocycles. The van der Waals surface area contributed by atoms with Crippen molar-refractivity contribution < 1.29 is 9.72 Å². The van der Waals surface area contributed by atoms with Gasteiger partial charge in [0.1, 0.15) is 0 Å². The van der Waals surface area contributed by atoms with Crippen LogP contribution in [0.15, 0.2) is 36.9 Å². The molecule has 1 aromatic rings. The van der Waals surface area contributed by atoms with Gasteiger partial charge in [0, 0.05) is 24.2 Å². The Morgan fingerprint density at radius 1 is 1.44 bits per heavy atom. The van der Waals surface area contributed by atoms with E-state index in [-0.39, 0.29) is 10.8 Å². The molecule has 0 spiro atoms. The molecule has 0 saturated carbocycles. The Bertz CT molecular complexity index is 485. The number of nitrogens with zero attached hydrogens (tertiary/aromatic N) is 1. The summed E-state index contributed by atoms with van der Waals surface area (Å²) in [6.45, 7) is 3.94. The van der Waals surface area contributed by atoms with Gasteiger partial charge in [-0.05, 0) is 24.4 Å². The summed E-state index contributed by atoms with van der Waals surface area (Å²) in [5.74, 6) is -0.425. The minimum Gasteiger partial charge on any atom is -0.359 e. The van der Waals surface area contributed by atoms with Crippen LogP contribution in [-0.2, 0) is 0 Å². The molecule has 1 aromatic carbocycles. The quantitative estimate of drug-likeness (QED) is 0.372. The number of rotatable bonds is 4. The molecule has 0 bridgehead atoms. The molecule has 0 radical (unpaired) electrons. The largest absolute Gasteiger partial charge is 0.359 e. The third kappa shape index (κ3) is 3.95. The van der Waals surface area contributed by atoms with Crippen molar-refractivity contribution in [2.24, 2.45) is 0 Å². The van der Waals surface area contributed by atoms with Crippen molar-refractivity contribution in [1.29, 1.82) is 0 Å². The first-order valence-corrected chi connectivity index (χ1v) is 5.40. The fraction of sp³-hybridized carbons (Fsp3) is 0.0909. The lowest BCUT2D eigenvalue weighted by atomic mass is 10.2. The Morgan fingerprint density at radius 2 is 2.06 bits per heavy atom. The minimum absolute atomic E-state index is 0.0705. The number of carbonyl (C=O) groups excluding carboxylic acids is 1. The number of carbonyl (C=O) groups is 1. The number of non-ortho nitro benzene ring substituents is 1. The zero-order valence-corrected chi connectivity index (χ0v) is 10.2. The maximum absolute atomic E-state index is 11.7. The smallest absolute Gasteiger partial charge is 0.269 e. The second-order valence-corrected chi connectivity index (χ2v) is 3.67. The first-order valence-electron chi connectivity index (χ1n) is 4.99. The van der Waals surface area contributed by atoms with E-state index in [1.54, 1.807) is 6.08 Å². The standard InChI is InChI=1S/C11H11N3O3S/c1-2-7-12-11(18)13-10(15)8-3-5-9(6-4-8)14(16)17/h2-6H,1,7H2,(H2,12,13,15,18). The molecule has 0 heterocycles. The molecule has 0 fully saturated rings. The van der Waals surface area contributed by atoms with Crippen LogP contribution >= 0.6 is 12.2 Å². The highest BCUT2D eigenvalue weighted by Gasteiger charge is 2.10. The highest BCUT2D eigenvalue weighted by Crippen LogP contribution is 2.11. The van der Waals surface area contributed by atoms with E-state index in [9.17, 15) is 14.9 Å². The topological polar surface area (TPSA) is 84.3 Å².